The van der Waals surface area contributed by atoms with E-state index in [0.29, 0.717) is 27.7 Å². The Hall–Kier alpha value is -3.71. The fourth-order valence-electron chi connectivity index (χ4n) is 4.79. The Balaban J connectivity index is 1.55. The Morgan fingerprint density at radius 3 is 2.66 bits per heavy atom. The fraction of sp³-hybridized carbons (Fsp3) is 0.250. The number of nitrogens with two attached hydrogens (primary N) is 1. The second kappa shape index (κ2) is 9.50. The van der Waals surface area contributed by atoms with Crippen molar-refractivity contribution in [2.24, 2.45) is 11.7 Å². The van der Waals surface area contributed by atoms with E-state index < -0.39 is 5.91 Å². The van der Waals surface area contributed by atoms with Gasteiger partial charge in [0.1, 0.15) is 10.8 Å². The van der Waals surface area contributed by atoms with Gasteiger partial charge in [0.05, 0.1) is 29.4 Å². The van der Waals surface area contributed by atoms with Crippen LogP contribution in [0.4, 0.5) is 5.00 Å². The van der Waals surface area contributed by atoms with Crippen molar-refractivity contribution < 1.29 is 14.3 Å². The molecule has 0 radical (unpaired) electrons. The van der Waals surface area contributed by atoms with E-state index in [1.807, 2.05) is 48.5 Å². The van der Waals surface area contributed by atoms with E-state index in [9.17, 15) is 9.59 Å². The number of nitrogens with one attached hydrogen (secondary N) is 1. The number of fused-ring (bicyclic) bond motifs is 2. The van der Waals surface area contributed by atoms with E-state index in [2.05, 4.69) is 12.2 Å². The van der Waals surface area contributed by atoms with Crippen molar-refractivity contribution in [2.45, 2.75) is 32.6 Å². The summed E-state index contributed by atoms with van der Waals surface area (Å²) in [6, 6.07) is 16.9. The maximum Gasteiger partial charge on any atom is 0.257 e. The summed E-state index contributed by atoms with van der Waals surface area (Å²) in [5.41, 5.74) is 10.0. The molecule has 1 aliphatic rings. The Labute approximate surface area is 208 Å². The molecule has 0 aliphatic heterocycles. The monoisotopic (exact) mass is 485 g/mol. The molecule has 0 saturated heterocycles. The molecule has 2 heterocycles. The molecule has 7 heteroatoms. The Bertz CT molecular complexity index is 1430. The summed E-state index contributed by atoms with van der Waals surface area (Å²) in [6.07, 6.45) is 3.88. The molecule has 178 valence electrons. The highest BCUT2D eigenvalue weighted by Gasteiger charge is 2.28. The molecule has 2 aromatic carbocycles. The van der Waals surface area contributed by atoms with Crippen molar-refractivity contribution >= 4 is 39.1 Å². The van der Waals surface area contributed by atoms with Gasteiger partial charge < -0.3 is 15.8 Å². The van der Waals surface area contributed by atoms with Crippen LogP contribution in [0, 0.1) is 5.92 Å². The van der Waals surface area contributed by atoms with E-state index in [1.165, 1.54) is 11.3 Å². The molecule has 0 bridgehead atoms. The van der Waals surface area contributed by atoms with Crippen LogP contribution in [0.2, 0.25) is 0 Å². The number of hydrogen-bond acceptors (Lipinski definition) is 5. The summed E-state index contributed by atoms with van der Waals surface area (Å²) in [5, 5.41) is 4.30. The Morgan fingerprint density at radius 1 is 1.17 bits per heavy atom. The van der Waals surface area contributed by atoms with Crippen LogP contribution in [0.1, 0.15) is 50.9 Å². The second-order valence-corrected chi connectivity index (χ2v) is 9.95. The van der Waals surface area contributed by atoms with Gasteiger partial charge in [0.2, 0.25) is 0 Å². The minimum absolute atomic E-state index is 0.286. The SMILES string of the molecule is CCC1CCc2c(sc(NC(=O)c3cc(-c4ccc(OC)cc4)nc4ccccc34)c2C(N)=O)C1. The van der Waals surface area contributed by atoms with Crippen molar-refractivity contribution in [3.05, 3.63) is 76.2 Å². The molecule has 0 fully saturated rings. The highest BCUT2D eigenvalue weighted by atomic mass is 32.1. The van der Waals surface area contributed by atoms with Crippen LogP contribution in [0.3, 0.4) is 0 Å². The van der Waals surface area contributed by atoms with Crippen LogP contribution in [0.25, 0.3) is 22.2 Å². The summed E-state index contributed by atoms with van der Waals surface area (Å²) < 4.78 is 5.26. The number of para-hydroxylation sites is 1. The predicted molar refractivity (Wildman–Crippen MR) is 140 cm³/mol. The van der Waals surface area contributed by atoms with Gasteiger partial charge in [-0.05, 0) is 67.1 Å². The number of carbonyl (C=O) groups excluding carboxylic acids is 2. The average Bonchev–Trinajstić information content (AvgIpc) is 3.25. The molecule has 4 aromatic rings. The lowest BCUT2D eigenvalue weighted by atomic mass is 9.85. The lowest BCUT2D eigenvalue weighted by molar-refractivity contribution is 0.1000. The summed E-state index contributed by atoms with van der Waals surface area (Å²) in [7, 11) is 1.62. The van der Waals surface area contributed by atoms with Gasteiger partial charge in [0.25, 0.3) is 11.8 Å². The van der Waals surface area contributed by atoms with Crippen molar-refractivity contribution in [1.82, 2.24) is 4.98 Å². The number of aromatic nitrogens is 1. The number of methoxy groups -OCH3 is 1. The lowest BCUT2D eigenvalue weighted by Gasteiger charge is -2.20. The standard InChI is InChI=1S/C28H27N3O3S/c1-3-16-8-13-20-24(14-16)35-28(25(20)26(29)32)31-27(33)21-15-23(17-9-11-18(34-2)12-10-17)30-22-7-5-4-6-19(21)22/h4-7,9-12,15-16H,3,8,13-14H2,1-2H3,(H2,29,32)(H,31,33). The van der Waals surface area contributed by atoms with Crippen LogP contribution >= 0.6 is 11.3 Å². The first-order chi connectivity index (χ1) is 17.0. The number of anilines is 1. The topological polar surface area (TPSA) is 94.3 Å². The quantitative estimate of drug-likeness (QED) is 0.359. The minimum atomic E-state index is -0.494. The van der Waals surface area contributed by atoms with Crippen molar-refractivity contribution in [3.63, 3.8) is 0 Å². The molecule has 5 rings (SSSR count). The molecule has 0 saturated carbocycles. The zero-order chi connectivity index (χ0) is 24.5. The number of carbonyl (C=O) groups is 2. The third kappa shape index (κ3) is 4.39. The van der Waals surface area contributed by atoms with Crippen molar-refractivity contribution in [3.8, 4) is 17.0 Å². The van der Waals surface area contributed by atoms with Gasteiger partial charge in [-0.25, -0.2) is 4.98 Å². The Morgan fingerprint density at radius 2 is 1.94 bits per heavy atom. The van der Waals surface area contributed by atoms with Crippen LogP contribution < -0.4 is 15.8 Å². The first-order valence-electron chi connectivity index (χ1n) is 11.8. The predicted octanol–water partition coefficient (Wildman–Crippen LogP) is 5.84. The molecule has 0 spiro atoms. The van der Waals surface area contributed by atoms with Gasteiger partial charge in [0, 0.05) is 15.8 Å². The summed E-state index contributed by atoms with van der Waals surface area (Å²) in [5.74, 6) is 0.567. The number of amides is 2. The normalized spacial score (nSPS) is 15.0. The fourth-order valence-corrected chi connectivity index (χ4v) is 6.16. The van der Waals surface area contributed by atoms with Crippen LogP contribution in [0.15, 0.2) is 54.6 Å². The maximum atomic E-state index is 13.6. The van der Waals surface area contributed by atoms with Gasteiger partial charge >= 0.3 is 0 Å². The average molecular weight is 486 g/mol. The summed E-state index contributed by atoms with van der Waals surface area (Å²) >= 11 is 1.48. The van der Waals surface area contributed by atoms with E-state index >= 15 is 0 Å². The van der Waals surface area contributed by atoms with E-state index in [4.69, 9.17) is 15.5 Å². The molecular weight excluding hydrogens is 458 g/mol. The number of thiophene rings is 1. The highest BCUT2D eigenvalue weighted by molar-refractivity contribution is 7.17. The zero-order valence-corrected chi connectivity index (χ0v) is 20.6. The second-order valence-electron chi connectivity index (χ2n) is 8.84. The number of primary amides is 1. The van der Waals surface area contributed by atoms with E-state index in [-0.39, 0.29) is 5.91 Å². The number of benzene rings is 2. The highest BCUT2D eigenvalue weighted by Crippen LogP contribution is 2.40. The molecule has 1 atom stereocenters. The van der Waals surface area contributed by atoms with E-state index in [1.54, 1.807) is 13.2 Å². The van der Waals surface area contributed by atoms with Crippen LogP contribution in [-0.4, -0.2) is 23.9 Å². The summed E-state index contributed by atoms with van der Waals surface area (Å²) in [4.78, 5) is 31.9. The van der Waals surface area contributed by atoms with Crippen molar-refractivity contribution in [2.75, 3.05) is 12.4 Å². The third-order valence-electron chi connectivity index (χ3n) is 6.76. The number of hydrogen-bond donors (Lipinski definition) is 2. The molecule has 2 aromatic heterocycles. The largest absolute Gasteiger partial charge is 0.497 e. The van der Waals surface area contributed by atoms with Crippen LogP contribution in [0.5, 0.6) is 5.75 Å². The molecule has 1 unspecified atom stereocenters. The molecule has 1 aliphatic carbocycles. The summed E-state index contributed by atoms with van der Waals surface area (Å²) in [6.45, 7) is 2.19. The van der Waals surface area contributed by atoms with Crippen molar-refractivity contribution in [1.29, 1.82) is 0 Å². The Kier molecular flexibility index (Phi) is 6.26. The molecule has 2 amide bonds. The number of nitrogens with zero attached hydrogens (tertiary/aromatic N) is 1. The maximum absolute atomic E-state index is 13.6. The van der Waals surface area contributed by atoms with Crippen LogP contribution in [-0.2, 0) is 12.8 Å². The van der Waals surface area contributed by atoms with E-state index in [0.717, 1.165) is 58.3 Å². The molecule has 6 nitrogen and oxygen atoms in total. The number of rotatable bonds is 6. The third-order valence-corrected chi connectivity index (χ3v) is 7.93. The molecule has 35 heavy (non-hydrogen) atoms. The number of pyridine rings is 1. The van der Waals surface area contributed by atoms with Gasteiger partial charge in [-0.3, -0.25) is 9.59 Å². The van der Waals surface area contributed by atoms with Gasteiger partial charge in [-0.2, -0.15) is 0 Å². The van der Waals surface area contributed by atoms with Gasteiger partial charge in [0.15, 0.2) is 0 Å². The van der Waals surface area contributed by atoms with Gasteiger partial charge in [-0.15, -0.1) is 11.3 Å². The molecule has 3 N–H and O–H groups in total. The first kappa shape index (κ1) is 23.1. The smallest absolute Gasteiger partial charge is 0.257 e. The zero-order valence-electron chi connectivity index (χ0n) is 19.8. The minimum Gasteiger partial charge on any atom is -0.497 e. The first-order valence-corrected chi connectivity index (χ1v) is 12.6. The number of ether oxygens (including phenoxy) is 1. The van der Waals surface area contributed by atoms with Gasteiger partial charge in [-0.1, -0.05) is 31.5 Å². The lowest BCUT2D eigenvalue weighted by Crippen LogP contribution is -2.20. The molecular formula is C28H27N3O3S.